The van der Waals surface area contributed by atoms with Gasteiger partial charge in [0.15, 0.2) is 0 Å². The van der Waals surface area contributed by atoms with E-state index >= 15 is 0 Å². The zero-order valence-corrected chi connectivity index (χ0v) is 6.58. The lowest BCUT2D eigenvalue weighted by Crippen LogP contribution is -2.45. The van der Waals surface area contributed by atoms with Crippen molar-refractivity contribution < 1.29 is 14.6 Å². The Bertz CT molecular complexity index is 127. The van der Waals surface area contributed by atoms with Crippen LogP contribution in [0.2, 0.25) is 0 Å². The molecule has 0 bridgehead atoms. The maximum atomic E-state index is 9.02. The molecule has 1 N–H and O–H groups in total. The van der Waals surface area contributed by atoms with Crippen LogP contribution in [0, 0.1) is 0 Å². The number of rotatable bonds is 3. The average Bonchev–Trinajstić information content (AvgIpc) is 2.07. The molecule has 0 spiro atoms. The minimum Gasteiger partial charge on any atom is -0.393 e. The quantitative estimate of drug-likeness (QED) is 0.602. The lowest BCUT2D eigenvalue weighted by molar-refractivity contribution is -0.172. The van der Waals surface area contributed by atoms with Crippen molar-refractivity contribution in [3.63, 3.8) is 0 Å². The van der Waals surface area contributed by atoms with Gasteiger partial charge in [-0.2, -0.15) is 0 Å². The predicted molar refractivity (Wildman–Crippen MR) is 41.4 cm³/mol. The molecule has 0 aromatic heterocycles. The Morgan fingerprint density at radius 1 is 1.55 bits per heavy atom. The largest absolute Gasteiger partial charge is 0.393 e. The lowest BCUT2D eigenvalue weighted by atomic mass is 10.0. The summed E-state index contributed by atoms with van der Waals surface area (Å²) in [6, 6.07) is 0. The summed E-state index contributed by atoms with van der Waals surface area (Å²) in [6.45, 7) is 5.26. The molecule has 1 rings (SSSR count). The molecule has 0 aliphatic carbocycles. The van der Waals surface area contributed by atoms with Crippen molar-refractivity contribution >= 4 is 0 Å². The third-order valence-electron chi connectivity index (χ3n) is 1.81. The smallest absolute Gasteiger partial charge is 0.118 e. The Morgan fingerprint density at radius 2 is 2.36 bits per heavy atom. The van der Waals surface area contributed by atoms with Crippen LogP contribution in [-0.2, 0) is 9.47 Å². The van der Waals surface area contributed by atoms with Gasteiger partial charge in [-0.05, 0) is 6.42 Å². The number of aliphatic hydroxyl groups excluding tert-OH is 1. The summed E-state index contributed by atoms with van der Waals surface area (Å²) >= 11 is 0. The minimum absolute atomic E-state index is 0.000972. The van der Waals surface area contributed by atoms with Crippen LogP contribution in [0.15, 0.2) is 12.7 Å². The second-order valence-corrected chi connectivity index (χ2v) is 2.73. The van der Waals surface area contributed by atoms with E-state index in [2.05, 4.69) is 6.58 Å². The summed E-state index contributed by atoms with van der Waals surface area (Å²) < 4.78 is 10.6. The van der Waals surface area contributed by atoms with E-state index in [1.807, 2.05) is 0 Å². The molecule has 1 saturated heterocycles. The van der Waals surface area contributed by atoms with Gasteiger partial charge in [-0.1, -0.05) is 6.08 Å². The first-order chi connectivity index (χ1) is 5.33. The highest BCUT2D eigenvalue weighted by atomic mass is 16.6. The first-order valence-electron chi connectivity index (χ1n) is 3.76. The molecule has 0 aromatic rings. The van der Waals surface area contributed by atoms with Crippen molar-refractivity contribution in [1.29, 1.82) is 0 Å². The van der Waals surface area contributed by atoms with Gasteiger partial charge in [0, 0.05) is 0 Å². The standard InChI is InChI=1S/C8H14O3/c1-2-3-8(6-9)7-10-4-5-11-8/h2,9H,1,3-7H2/t8-/m0/s1. The molecule has 0 saturated carbocycles. The number of hydrogen-bond donors (Lipinski definition) is 1. The molecule has 1 atom stereocenters. The first-order valence-corrected chi connectivity index (χ1v) is 3.76. The van der Waals surface area contributed by atoms with Gasteiger partial charge in [-0.25, -0.2) is 0 Å². The van der Waals surface area contributed by atoms with Crippen molar-refractivity contribution in [3.8, 4) is 0 Å². The number of hydrogen-bond acceptors (Lipinski definition) is 3. The molecule has 0 unspecified atom stereocenters. The molecule has 64 valence electrons. The summed E-state index contributed by atoms with van der Waals surface area (Å²) in [6.07, 6.45) is 2.38. The highest BCUT2D eigenvalue weighted by Crippen LogP contribution is 2.19. The van der Waals surface area contributed by atoms with E-state index in [-0.39, 0.29) is 6.61 Å². The summed E-state index contributed by atoms with van der Waals surface area (Å²) in [5, 5.41) is 9.02. The van der Waals surface area contributed by atoms with Crippen LogP contribution in [0.4, 0.5) is 0 Å². The van der Waals surface area contributed by atoms with E-state index < -0.39 is 5.60 Å². The zero-order valence-electron chi connectivity index (χ0n) is 6.58. The van der Waals surface area contributed by atoms with E-state index in [0.29, 0.717) is 26.2 Å². The highest BCUT2D eigenvalue weighted by Gasteiger charge is 2.31. The van der Waals surface area contributed by atoms with Gasteiger partial charge >= 0.3 is 0 Å². The van der Waals surface area contributed by atoms with Crippen molar-refractivity contribution in [1.82, 2.24) is 0 Å². The van der Waals surface area contributed by atoms with Crippen molar-refractivity contribution in [2.24, 2.45) is 0 Å². The molecule has 0 aromatic carbocycles. The SMILES string of the molecule is C=CC[C@]1(CO)COCCO1. The fourth-order valence-electron chi connectivity index (χ4n) is 1.15. The molecule has 1 heterocycles. The van der Waals surface area contributed by atoms with Gasteiger partial charge in [-0.15, -0.1) is 6.58 Å². The normalized spacial score (nSPS) is 31.7. The van der Waals surface area contributed by atoms with E-state index in [1.54, 1.807) is 6.08 Å². The summed E-state index contributed by atoms with van der Waals surface area (Å²) in [4.78, 5) is 0. The maximum Gasteiger partial charge on any atom is 0.118 e. The second kappa shape index (κ2) is 3.85. The minimum atomic E-state index is -0.514. The Labute approximate surface area is 66.6 Å². The Balaban J connectivity index is 2.49. The van der Waals surface area contributed by atoms with E-state index in [1.165, 1.54) is 0 Å². The lowest BCUT2D eigenvalue weighted by Gasteiger charge is -2.34. The summed E-state index contributed by atoms with van der Waals surface area (Å²) in [5.41, 5.74) is -0.514. The van der Waals surface area contributed by atoms with Crippen LogP contribution >= 0.6 is 0 Å². The van der Waals surface area contributed by atoms with Crippen LogP contribution in [0.25, 0.3) is 0 Å². The molecule has 1 aliphatic heterocycles. The molecular formula is C8H14O3. The third kappa shape index (κ3) is 2.02. The Kier molecular flexibility index (Phi) is 3.05. The maximum absolute atomic E-state index is 9.02. The topological polar surface area (TPSA) is 38.7 Å². The fourth-order valence-corrected chi connectivity index (χ4v) is 1.15. The van der Waals surface area contributed by atoms with Crippen LogP contribution in [0.1, 0.15) is 6.42 Å². The summed E-state index contributed by atoms with van der Waals surface area (Å²) in [5.74, 6) is 0. The van der Waals surface area contributed by atoms with Gasteiger partial charge in [0.2, 0.25) is 0 Å². The first kappa shape index (κ1) is 8.71. The third-order valence-corrected chi connectivity index (χ3v) is 1.81. The number of aliphatic hydroxyl groups is 1. The molecule has 11 heavy (non-hydrogen) atoms. The van der Waals surface area contributed by atoms with Gasteiger partial charge in [0.1, 0.15) is 5.60 Å². The zero-order chi connectivity index (χ0) is 8.16. The monoisotopic (exact) mass is 158 g/mol. The van der Waals surface area contributed by atoms with Gasteiger partial charge in [-0.3, -0.25) is 0 Å². The van der Waals surface area contributed by atoms with Crippen LogP contribution in [0.3, 0.4) is 0 Å². The molecule has 0 amide bonds. The Morgan fingerprint density at radius 3 is 2.82 bits per heavy atom. The van der Waals surface area contributed by atoms with E-state index in [9.17, 15) is 0 Å². The van der Waals surface area contributed by atoms with Crippen LogP contribution in [0.5, 0.6) is 0 Å². The molecular weight excluding hydrogens is 144 g/mol. The van der Waals surface area contributed by atoms with Crippen LogP contribution in [-0.4, -0.2) is 37.1 Å². The van der Waals surface area contributed by atoms with E-state index in [0.717, 1.165) is 0 Å². The van der Waals surface area contributed by atoms with Gasteiger partial charge in [0.05, 0.1) is 26.4 Å². The van der Waals surface area contributed by atoms with Gasteiger partial charge in [0.25, 0.3) is 0 Å². The van der Waals surface area contributed by atoms with E-state index in [4.69, 9.17) is 14.6 Å². The van der Waals surface area contributed by atoms with Crippen molar-refractivity contribution in [3.05, 3.63) is 12.7 Å². The van der Waals surface area contributed by atoms with Crippen molar-refractivity contribution in [2.45, 2.75) is 12.0 Å². The second-order valence-electron chi connectivity index (χ2n) is 2.73. The predicted octanol–water partition coefficient (Wildman–Crippen LogP) is 0.340. The van der Waals surface area contributed by atoms with Gasteiger partial charge < -0.3 is 14.6 Å². The highest BCUT2D eigenvalue weighted by molar-refractivity contribution is 4.89. The Hall–Kier alpha value is -0.380. The van der Waals surface area contributed by atoms with Crippen molar-refractivity contribution in [2.75, 3.05) is 26.4 Å². The molecule has 3 heteroatoms. The molecule has 3 nitrogen and oxygen atoms in total. The molecule has 1 fully saturated rings. The fraction of sp³-hybridized carbons (Fsp3) is 0.750. The average molecular weight is 158 g/mol. The summed E-state index contributed by atoms with van der Waals surface area (Å²) in [7, 11) is 0. The van der Waals surface area contributed by atoms with Crippen LogP contribution < -0.4 is 0 Å². The number of ether oxygens (including phenoxy) is 2. The molecule has 0 radical (unpaired) electrons. The molecule has 1 aliphatic rings.